The van der Waals surface area contributed by atoms with Gasteiger partial charge in [-0.25, -0.2) is 9.97 Å². The van der Waals surface area contributed by atoms with Gasteiger partial charge in [-0.1, -0.05) is 0 Å². The third-order valence-corrected chi connectivity index (χ3v) is 3.08. The van der Waals surface area contributed by atoms with Gasteiger partial charge in [0, 0.05) is 4.88 Å². The van der Waals surface area contributed by atoms with Crippen molar-refractivity contribution in [1.82, 2.24) is 9.97 Å². The van der Waals surface area contributed by atoms with Crippen LogP contribution in [0.5, 0.6) is 0 Å². The molecular formula is C9H7BrN2S. The van der Waals surface area contributed by atoms with Gasteiger partial charge in [-0.05, 0) is 41.1 Å². The van der Waals surface area contributed by atoms with E-state index in [1.165, 1.54) is 9.75 Å². The van der Waals surface area contributed by atoms with Crippen LogP contribution < -0.4 is 0 Å². The molecule has 2 aromatic heterocycles. The van der Waals surface area contributed by atoms with E-state index in [9.17, 15) is 0 Å². The Kier molecular flexibility index (Phi) is 2.42. The highest BCUT2D eigenvalue weighted by atomic mass is 79.9. The molecule has 0 aliphatic rings. The summed E-state index contributed by atoms with van der Waals surface area (Å²) in [6.45, 7) is 2.09. The molecule has 0 radical (unpaired) electrons. The van der Waals surface area contributed by atoms with Gasteiger partial charge in [0.25, 0.3) is 0 Å². The molecular weight excluding hydrogens is 248 g/mol. The molecule has 2 aromatic rings. The highest BCUT2D eigenvalue weighted by Gasteiger charge is 2.02. The first-order valence-electron chi connectivity index (χ1n) is 3.80. The maximum atomic E-state index is 4.19. The quantitative estimate of drug-likeness (QED) is 0.731. The number of aryl methyl sites for hydroxylation is 1. The van der Waals surface area contributed by atoms with E-state index < -0.39 is 0 Å². The number of rotatable bonds is 1. The molecule has 0 unspecified atom stereocenters. The summed E-state index contributed by atoms with van der Waals surface area (Å²) in [5, 5.41) is 0. The largest absolute Gasteiger partial charge is 0.235 e. The topological polar surface area (TPSA) is 25.8 Å². The number of halogens is 1. The second kappa shape index (κ2) is 3.55. The van der Waals surface area contributed by atoms with Gasteiger partial charge < -0.3 is 0 Å². The van der Waals surface area contributed by atoms with Crippen LogP contribution in [0.3, 0.4) is 0 Å². The molecule has 0 aliphatic heterocycles. The van der Waals surface area contributed by atoms with Gasteiger partial charge in [0.15, 0.2) is 0 Å². The molecule has 0 amide bonds. The van der Waals surface area contributed by atoms with Crippen molar-refractivity contribution in [2.24, 2.45) is 0 Å². The van der Waals surface area contributed by atoms with E-state index in [0.29, 0.717) is 0 Å². The van der Waals surface area contributed by atoms with Gasteiger partial charge >= 0.3 is 0 Å². The maximum absolute atomic E-state index is 4.19. The van der Waals surface area contributed by atoms with Crippen LogP contribution in [0, 0.1) is 6.92 Å². The standard InChI is InChI=1S/C9H7BrN2S/c1-6-2-3-8(13-6)7-4-9(10)12-5-11-7/h2-5H,1H3. The lowest BCUT2D eigenvalue weighted by Gasteiger charge is -1.95. The number of aromatic nitrogens is 2. The smallest absolute Gasteiger partial charge is 0.117 e. The molecule has 2 rings (SSSR count). The molecule has 0 spiro atoms. The van der Waals surface area contributed by atoms with Gasteiger partial charge in [-0.2, -0.15) is 0 Å². The first-order valence-corrected chi connectivity index (χ1v) is 5.41. The zero-order valence-corrected chi connectivity index (χ0v) is 9.39. The molecule has 0 aliphatic carbocycles. The van der Waals surface area contributed by atoms with E-state index in [1.807, 2.05) is 6.07 Å². The lowest BCUT2D eigenvalue weighted by Crippen LogP contribution is -1.82. The third kappa shape index (κ3) is 1.95. The summed E-state index contributed by atoms with van der Waals surface area (Å²) in [4.78, 5) is 10.7. The fourth-order valence-corrected chi connectivity index (χ4v) is 2.18. The highest BCUT2D eigenvalue weighted by molar-refractivity contribution is 9.10. The Morgan fingerprint density at radius 2 is 2.15 bits per heavy atom. The predicted octanol–water partition coefficient (Wildman–Crippen LogP) is 3.28. The van der Waals surface area contributed by atoms with Crippen LogP contribution in [0.1, 0.15) is 4.88 Å². The van der Waals surface area contributed by atoms with E-state index in [4.69, 9.17) is 0 Å². The second-order valence-electron chi connectivity index (χ2n) is 2.64. The highest BCUT2D eigenvalue weighted by Crippen LogP contribution is 2.26. The molecule has 0 bridgehead atoms. The summed E-state index contributed by atoms with van der Waals surface area (Å²) in [6.07, 6.45) is 1.56. The minimum Gasteiger partial charge on any atom is -0.235 e. The molecule has 0 aromatic carbocycles. The molecule has 2 nitrogen and oxygen atoms in total. The molecule has 4 heteroatoms. The fraction of sp³-hybridized carbons (Fsp3) is 0.111. The van der Waals surface area contributed by atoms with Crippen LogP contribution in [0.25, 0.3) is 10.6 Å². The van der Waals surface area contributed by atoms with Crippen molar-refractivity contribution >= 4 is 27.3 Å². The Hall–Kier alpha value is -0.740. The second-order valence-corrected chi connectivity index (χ2v) is 4.74. The van der Waals surface area contributed by atoms with E-state index in [2.05, 4.69) is 45.0 Å². The SMILES string of the molecule is Cc1ccc(-c2cc(Br)ncn2)s1. The first kappa shape index (κ1) is 8.84. The van der Waals surface area contributed by atoms with Gasteiger partial charge in [-0.3, -0.25) is 0 Å². The van der Waals surface area contributed by atoms with E-state index in [-0.39, 0.29) is 0 Å². The van der Waals surface area contributed by atoms with E-state index in [1.54, 1.807) is 17.7 Å². The third-order valence-electron chi connectivity index (χ3n) is 1.63. The molecule has 2 heterocycles. The van der Waals surface area contributed by atoms with Crippen LogP contribution in [0.4, 0.5) is 0 Å². The summed E-state index contributed by atoms with van der Waals surface area (Å²) < 4.78 is 0.823. The minimum absolute atomic E-state index is 0.823. The van der Waals surface area contributed by atoms with Crippen molar-refractivity contribution in [1.29, 1.82) is 0 Å². The van der Waals surface area contributed by atoms with Gasteiger partial charge in [0.1, 0.15) is 10.9 Å². The predicted molar refractivity (Wildman–Crippen MR) is 57.8 cm³/mol. The molecule has 0 fully saturated rings. The molecule has 0 saturated heterocycles. The summed E-state index contributed by atoms with van der Waals surface area (Å²) >= 11 is 5.06. The van der Waals surface area contributed by atoms with Gasteiger partial charge in [0.05, 0.1) is 10.6 Å². The molecule has 13 heavy (non-hydrogen) atoms. The molecule has 0 saturated carbocycles. The first-order chi connectivity index (χ1) is 6.25. The van der Waals surface area contributed by atoms with E-state index >= 15 is 0 Å². The van der Waals surface area contributed by atoms with Crippen LogP contribution >= 0.6 is 27.3 Å². The Morgan fingerprint density at radius 3 is 2.77 bits per heavy atom. The summed E-state index contributed by atoms with van der Waals surface area (Å²) in [5.74, 6) is 0. The zero-order chi connectivity index (χ0) is 9.26. The average Bonchev–Trinajstić information content (AvgIpc) is 2.52. The minimum atomic E-state index is 0.823. The normalized spacial score (nSPS) is 10.3. The Balaban J connectivity index is 2.46. The Bertz CT molecular complexity index is 425. The zero-order valence-electron chi connectivity index (χ0n) is 6.99. The summed E-state index contributed by atoms with van der Waals surface area (Å²) in [6, 6.07) is 6.09. The van der Waals surface area contributed by atoms with Crippen molar-refractivity contribution in [3.05, 3.63) is 34.0 Å². The molecule has 66 valence electrons. The lowest BCUT2D eigenvalue weighted by molar-refractivity contribution is 1.15. The van der Waals surface area contributed by atoms with Gasteiger partial charge in [-0.15, -0.1) is 11.3 Å². The fourth-order valence-electron chi connectivity index (χ4n) is 1.04. The summed E-state index contributed by atoms with van der Waals surface area (Å²) in [5.41, 5.74) is 0.972. The lowest BCUT2D eigenvalue weighted by atomic mass is 10.3. The van der Waals surface area contributed by atoms with Crippen molar-refractivity contribution in [3.63, 3.8) is 0 Å². The van der Waals surface area contributed by atoms with Gasteiger partial charge in [0.2, 0.25) is 0 Å². The summed E-state index contributed by atoms with van der Waals surface area (Å²) in [7, 11) is 0. The number of nitrogens with zero attached hydrogens (tertiary/aromatic N) is 2. The van der Waals surface area contributed by atoms with Crippen molar-refractivity contribution < 1.29 is 0 Å². The van der Waals surface area contributed by atoms with Crippen molar-refractivity contribution in [2.45, 2.75) is 6.92 Å². The number of hydrogen-bond acceptors (Lipinski definition) is 3. The number of thiophene rings is 1. The van der Waals surface area contributed by atoms with E-state index in [0.717, 1.165) is 10.3 Å². The molecule has 0 N–H and O–H groups in total. The molecule has 0 atom stereocenters. The van der Waals surface area contributed by atoms with Crippen LogP contribution in [-0.2, 0) is 0 Å². The van der Waals surface area contributed by atoms with Crippen LogP contribution in [0.15, 0.2) is 29.1 Å². The maximum Gasteiger partial charge on any atom is 0.117 e. The van der Waals surface area contributed by atoms with Crippen LogP contribution in [0.2, 0.25) is 0 Å². The monoisotopic (exact) mass is 254 g/mol. The Morgan fingerprint density at radius 1 is 1.31 bits per heavy atom. The van der Waals surface area contributed by atoms with Crippen molar-refractivity contribution in [2.75, 3.05) is 0 Å². The average molecular weight is 255 g/mol. The Labute approximate surface area is 88.8 Å². The van der Waals surface area contributed by atoms with Crippen LogP contribution in [-0.4, -0.2) is 9.97 Å². The van der Waals surface area contributed by atoms with Crippen molar-refractivity contribution in [3.8, 4) is 10.6 Å². The number of hydrogen-bond donors (Lipinski definition) is 0.